The van der Waals surface area contributed by atoms with E-state index in [9.17, 15) is 0 Å². The number of hydrogen-bond donors (Lipinski definition) is 0. The first-order valence-electron chi connectivity index (χ1n) is 1.15. The summed E-state index contributed by atoms with van der Waals surface area (Å²) in [6.45, 7) is 6.72. The van der Waals surface area contributed by atoms with Crippen LogP contribution >= 0.6 is 0 Å². The summed E-state index contributed by atoms with van der Waals surface area (Å²) in [4.78, 5) is 0. The molecule has 0 saturated carbocycles. The molecule has 0 aliphatic carbocycles. The smallest absolute Gasteiger partial charge is 0 e. The van der Waals surface area contributed by atoms with Crippen LogP contribution in [0.25, 0.3) is 0 Å². The number of rotatable bonds is 1. The van der Waals surface area contributed by atoms with E-state index in [1.807, 2.05) is 0 Å². The van der Waals surface area contributed by atoms with E-state index in [1.54, 1.807) is 12.2 Å². The summed E-state index contributed by atoms with van der Waals surface area (Å²) >= 11 is 0. The SMILES string of the molecule is C=CC=C.[Er]. The molecule has 0 saturated heterocycles. The van der Waals surface area contributed by atoms with E-state index in [0.717, 1.165) is 0 Å². The zero-order valence-electron chi connectivity index (χ0n) is 2.86. The van der Waals surface area contributed by atoms with Crippen LogP contribution in [0.2, 0.25) is 0 Å². The van der Waals surface area contributed by atoms with Gasteiger partial charge in [0.25, 0.3) is 0 Å². The fourth-order valence-corrected chi connectivity index (χ4v) is 0. The molecule has 1 heteroatoms. The average Bonchev–Trinajstić information content (AvgIpc) is 1.37. The number of hydrogen-bond acceptors (Lipinski definition) is 0. The van der Waals surface area contributed by atoms with E-state index in [4.69, 9.17) is 0 Å². The summed E-state index contributed by atoms with van der Waals surface area (Å²) in [5.41, 5.74) is 0. The number of allylic oxidation sites excluding steroid dienone is 2. The Morgan fingerprint density at radius 3 is 1.20 bits per heavy atom. The molecular weight excluding hydrogens is 215 g/mol. The molecule has 0 bridgehead atoms. The maximum atomic E-state index is 3.36. The van der Waals surface area contributed by atoms with Gasteiger partial charge in [-0.25, -0.2) is 0 Å². The molecule has 5 heavy (non-hydrogen) atoms. The summed E-state index contributed by atoms with van der Waals surface area (Å²) in [5, 5.41) is 0. The molecular formula is C4H6Er. The zero-order valence-corrected chi connectivity index (χ0v) is 4.71. The Kier molecular flexibility index (Phi) is 16.3. The molecule has 0 aliphatic rings. The molecule has 0 nitrogen and oxygen atoms in total. The fourth-order valence-electron chi connectivity index (χ4n) is 0. The first-order chi connectivity index (χ1) is 1.91. The Labute approximate surface area is 62.2 Å². The van der Waals surface area contributed by atoms with E-state index < -0.39 is 0 Å². The van der Waals surface area contributed by atoms with Gasteiger partial charge in [-0.15, -0.1) is 0 Å². The van der Waals surface area contributed by atoms with Crippen molar-refractivity contribution in [3.05, 3.63) is 25.3 Å². The minimum atomic E-state index is 0. The quantitative estimate of drug-likeness (QED) is 0.587. The normalized spacial score (nSPS) is 4.00. The van der Waals surface area contributed by atoms with Gasteiger partial charge < -0.3 is 0 Å². The Morgan fingerprint density at radius 2 is 1.20 bits per heavy atom. The average molecular weight is 221 g/mol. The molecule has 0 heterocycles. The van der Waals surface area contributed by atoms with Crippen LogP contribution in [0.1, 0.15) is 0 Å². The van der Waals surface area contributed by atoms with Crippen molar-refractivity contribution in [1.29, 1.82) is 0 Å². The molecule has 0 aromatic rings. The second-order valence-corrected chi connectivity index (χ2v) is 0.471. The molecule has 0 atom stereocenters. The van der Waals surface area contributed by atoms with Crippen LogP contribution in [0.3, 0.4) is 0 Å². The van der Waals surface area contributed by atoms with Gasteiger partial charge in [0.15, 0.2) is 0 Å². The molecule has 0 fully saturated rings. The van der Waals surface area contributed by atoms with Gasteiger partial charge in [0.1, 0.15) is 0 Å². The van der Waals surface area contributed by atoms with Crippen molar-refractivity contribution >= 4 is 0 Å². The van der Waals surface area contributed by atoms with E-state index in [-0.39, 0.29) is 37.3 Å². The minimum absolute atomic E-state index is 0. The molecule has 0 unspecified atom stereocenters. The van der Waals surface area contributed by atoms with Crippen molar-refractivity contribution in [2.45, 2.75) is 0 Å². The predicted molar refractivity (Wildman–Crippen MR) is 20.4 cm³/mol. The van der Waals surface area contributed by atoms with Gasteiger partial charge >= 0.3 is 0 Å². The van der Waals surface area contributed by atoms with Crippen LogP contribution in [0.15, 0.2) is 25.3 Å². The van der Waals surface area contributed by atoms with Crippen molar-refractivity contribution in [2.24, 2.45) is 0 Å². The van der Waals surface area contributed by atoms with Gasteiger partial charge in [0.2, 0.25) is 0 Å². The Bertz CT molecular complexity index is 24.6. The maximum Gasteiger partial charge on any atom is 0 e. The van der Waals surface area contributed by atoms with Crippen LogP contribution in [-0.2, 0) is 0 Å². The molecule has 0 aliphatic heterocycles. The van der Waals surface area contributed by atoms with Crippen molar-refractivity contribution in [1.82, 2.24) is 0 Å². The summed E-state index contributed by atoms with van der Waals surface area (Å²) in [7, 11) is 0. The van der Waals surface area contributed by atoms with Crippen molar-refractivity contribution < 1.29 is 37.3 Å². The van der Waals surface area contributed by atoms with Crippen LogP contribution in [0.5, 0.6) is 0 Å². The van der Waals surface area contributed by atoms with E-state index in [1.165, 1.54) is 0 Å². The van der Waals surface area contributed by atoms with Crippen LogP contribution in [0, 0.1) is 37.3 Å². The molecule has 0 aromatic carbocycles. The monoisotopic (exact) mass is 220 g/mol. The standard InChI is InChI=1S/C4H6.Er/c1-3-4-2;/h3-4H,1-2H2;. The third kappa shape index (κ3) is 11.8. The van der Waals surface area contributed by atoms with Crippen LogP contribution < -0.4 is 0 Å². The van der Waals surface area contributed by atoms with Crippen LogP contribution in [0.4, 0.5) is 0 Å². The second-order valence-electron chi connectivity index (χ2n) is 0.471. The molecule has 0 rings (SSSR count). The summed E-state index contributed by atoms with van der Waals surface area (Å²) in [6.07, 6.45) is 3.28. The molecule has 0 aromatic heterocycles. The van der Waals surface area contributed by atoms with Gasteiger partial charge in [0, 0.05) is 37.3 Å². The maximum absolute atomic E-state index is 3.36. The molecule has 0 spiro atoms. The third-order valence-electron chi connectivity index (χ3n) is 0.167. The van der Waals surface area contributed by atoms with Gasteiger partial charge in [-0.1, -0.05) is 25.3 Å². The molecule has 0 radical (unpaired) electrons. The largest absolute Gasteiger partial charge is 0.0991 e. The predicted octanol–water partition coefficient (Wildman–Crippen LogP) is 1.36. The van der Waals surface area contributed by atoms with Crippen molar-refractivity contribution in [3.63, 3.8) is 0 Å². The summed E-state index contributed by atoms with van der Waals surface area (Å²) in [5.74, 6) is 0. The van der Waals surface area contributed by atoms with Gasteiger partial charge in [-0.2, -0.15) is 0 Å². The van der Waals surface area contributed by atoms with Crippen molar-refractivity contribution in [2.75, 3.05) is 0 Å². The second kappa shape index (κ2) is 8.83. The zero-order chi connectivity index (χ0) is 3.41. The first kappa shape index (κ1) is 9.21. The van der Waals surface area contributed by atoms with E-state index >= 15 is 0 Å². The summed E-state index contributed by atoms with van der Waals surface area (Å²) in [6, 6.07) is 0. The van der Waals surface area contributed by atoms with Crippen LogP contribution in [-0.4, -0.2) is 0 Å². The minimum Gasteiger partial charge on any atom is -0.0991 e. The summed E-state index contributed by atoms with van der Waals surface area (Å²) < 4.78 is 0. The van der Waals surface area contributed by atoms with Gasteiger partial charge in [-0.05, 0) is 0 Å². The molecule has 0 amide bonds. The Morgan fingerprint density at radius 1 is 1.00 bits per heavy atom. The fraction of sp³-hybridized carbons (Fsp3) is 0. The van der Waals surface area contributed by atoms with Crippen molar-refractivity contribution in [3.8, 4) is 0 Å². The topological polar surface area (TPSA) is 0 Å². The van der Waals surface area contributed by atoms with Gasteiger partial charge in [0.05, 0.1) is 0 Å². The molecule has 0 N–H and O–H groups in total. The Hall–Kier alpha value is 0.727. The van der Waals surface area contributed by atoms with E-state index in [2.05, 4.69) is 13.2 Å². The first-order valence-corrected chi connectivity index (χ1v) is 1.15. The third-order valence-corrected chi connectivity index (χ3v) is 0.167. The van der Waals surface area contributed by atoms with Gasteiger partial charge in [-0.3, -0.25) is 0 Å². The molecule has 34 valence electrons. The Balaban J connectivity index is 0. The van der Waals surface area contributed by atoms with E-state index in [0.29, 0.717) is 0 Å².